The topological polar surface area (TPSA) is 84.5 Å². The minimum atomic E-state index is -0.227. The van der Waals surface area contributed by atoms with Crippen LogP contribution in [-0.4, -0.2) is 57.3 Å². The number of aromatic nitrogens is 2. The normalized spacial score (nSPS) is 21.0. The standard InChI is InChI=1S/C20H25N5O2/c21-20(27)15-5-9-23(10-6-15)14-18(26)25-12-11-24-8-2-4-17(24)19(25)16-3-1-7-22-13-16/h1-4,7-8,13,15,19H,5-6,9-12,14H2,(H2,21,27)/t19-/m0/s1. The lowest BCUT2D eigenvalue weighted by atomic mass is 9.96. The summed E-state index contributed by atoms with van der Waals surface area (Å²) in [4.78, 5) is 32.9. The first kappa shape index (κ1) is 17.7. The maximum Gasteiger partial charge on any atom is 0.237 e. The van der Waals surface area contributed by atoms with Crippen molar-refractivity contribution in [1.29, 1.82) is 0 Å². The molecule has 2 amide bonds. The van der Waals surface area contributed by atoms with Gasteiger partial charge in [-0.3, -0.25) is 19.5 Å². The zero-order valence-corrected chi connectivity index (χ0v) is 15.3. The van der Waals surface area contributed by atoms with Gasteiger partial charge in [0.25, 0.3) is 0 Å². The monoisotopic (exact) mass is 367 g/mol. The molecule has 2 aliphatic rings. The molecule has 2 N–H and O–H groups in total. The first-order valence-electron chi connectivity index (χ1n) is 9.49. The highest BCUT2D eigenvalue weighted by atomic mass is 16.2. The quantitative estimate of drug-likeness (QED) is 0.874. The van der Waals surface area contributed by atoms with Gasteiger partial charge in [-0.15, -0.1) is 0 Å². The number of hydrogen-bond acceptors (Lipinski definition) is 4. The first-order chi connectivity index (χ1) is 13.1. The van der Waals surface area contributed by atoms with Crippen molar-refractivity contribution in [3.8, 4) is 0 Å². The number of fused-ring (bicyclic) bond motifs is 1. The molecule has 142 valence electrons. The molecule has 7 nitrogen and oxygen atoms in total. The Morgan fingerprint density at radius 2 is 1.93 bits per heavy atom. The molecule has 0 spiro atoms. The second kappa shape index (κ2) is 7.52. The SMILES string of the molecule is NC(=O)C1CCN(CC(=O)N2CCn3cccc3[C@@H]2c2cccnc2)CC1. The van der Waals surface area contributed by atoms with E-state index in [0.717, 1.165) is 43.7 Å². The number of carbonyl (C=O) groups excluding carboxylic acids is 2. The van der Waals surface area contributed by atoms with E-state index in [1.165, 1.54) is 0 Å². The van der Waals surface area contributed by atoms with Crippen molar-refractivity contribution in [2.75, 3.05) is 26.2 Å². The van der Waals surface area contributed by atoms with Crippen LogP contribution in [0.25, 0.3) is 0 Å². The molecule has 0 unspecified atom stereocenters. The van der Waals surface area contributed by atoms with Crippen LogP contribution in [0.15, 0.2) is 42.9 Å². The number of likely N-dealkylation sites (tertiary alicyclic amines) is 1. The van der Waals surface area contributed by atoms with Gasteiger partial charge in [0.15, 0.2) is 0 Å². The van der Waals surface area contributed by atoms with Gasteiger partial charge in [0, 0.05) is 43.3 Å². The van der Waals surface area contributed by atoms with E-state index in [9.17, 15) is 9.59 Å². The van der Waals surface area contributed by atoms with Gasteiger partial charge in [-0.25, -0.2) is 0 Å². The average Bonchev–Trinajstić information content (AvgIpc) is 3.17. The Balaban J connectivity index is 1.50. The maximum atomic E-state index is 13.2. The summed E-state index contributed by atoms with van der Waals surface area (Å²) >= 11 is 0. The van der Waals surface area contributed by atoms with Crippen molar-refractivity contribution in [3.05, 3.63) is 54.1 Å². The zero-order chi connectivity index (χ0) is 18.8. The van der Waals surface area contributed by atoms with E-state index in [0.29, 0.717) is 13.1 Å². The van der Waals surface area contributed by atoms with Crippen LogP contribution in [0.2, 0.25) is 0 Å². The molecule has 27 heavy (non-hydrogen) atoms. The smallest absolute Gasteiger partial charge is 0.237 e. The zero-order valence-electron chi connectivity index (χ0n) is 15.3. The summed E-state index contributed by atoms with van der Waals surface area (Å²) in [7, 11) is 0. The molecule has 0 saturated carbocycles. The van der Waals surface area contributed by atoms with Crippen LogP contribution >= 0.6 is 0 Å². The molecule has 1 saturated heterocycles. The van der Waals surface area contributed by atoms with Crippen molar-refractivity contribution < 1.29 is 9.59 Å². The van der Waals surface area contributed by atoms with Gasteiger partial charge < -0.3 is 15.2 Å². The average molecular weight is 367 g/mol. The number of carbonyl (C=O) groups is 2. The van der Waals surface area contributed by atoms with Gasteiger partial charge in [0.1, 0.15) is 0 Å². The fourth-order valence-electron chi connectivity index (χ4n) is 4.20. The van der Waals surface area contributed by atoms with E-state index < -0.39 is 0 Å². The fourth-order valence-corrected chi connectivity index (χ4v) is 4.20. The molecule has 0 aromatic carbocycles. The third-order valence-corrected chi connectivity index (χ3v) is 5.71. The highest BCUT2D eigenvalue weighted by molar-refractivity contribution is 5.80. The summed E-state index contributed by atoms with van der Waals surface area (Å²) in [6.07, 6.45) is 7.12. The molecule has 2 aromatic heterocycles. The first-order valence-corrected chi connectivity index (χ1v) is 9.49. The molecule has 0 radical (unpaired) electrons. The highest BCUT2D eigenvalue weighted by Gasteiger charge is 2.33. The van der Waals surface area contributed by atoms with Crippen molar-refractivity contribution in [1.82, 2.24) is 19.4 Å². The van der Waals surface area contributed by atoms with Crippen molar-refractivity contribution in [2.45, 2.75) is 25.4 Å². The second-order valence-electron chi connectivity index (χ2n) is 7.36. The minimum absolute atomic E-state index is 0.0576. The number of pyridine rings is 1. The van der Waals surface area contributed by atoms with Crippen LogP contribution < -0.4 is 5.73 Å². The van der Waals surface area contributed by atoms with E-state index in [2.05, 4.69) is 26.7 Å². The summed E-state index contributed by atoms with van der Waals surface area (Å²) < 4.78 is 2.21. The second-order valence-corrected chi connectivity index (χ2v) is 7.36. The lowest BCUT2D eigenvalue weighted by Gasteiger charge is -2.39. The van der Waals surface area contributed by atoms with E-state index in [1.54, 1.807) is 6.20 Å². The lowest BCUT2D eigenvalue weighted by Crippen LogP contribution is -2.48. The number of primary amides is 1. The molecular formula is C20H25N5O2. The fraction of sp³-hybridized carbons (Fsp3) is 0.450. The number of amides is 2. The predicted octanol–water partition coefficient (Wildman–Crippen LogP) is 1.01. The predicted molar refractivity (Wildman–Crippen MR) is 101 cm³/mol. The van der Waals surface area contributed by atoms with Crippen molar-refractivity contribution >= 4 is 11.8 Å². The summed E-state index contributed by atoms with van der Waals surface area (Å²) in [5.41, 5.74) is 7.55. The van der Waals surface area contributed by atoms with E-state index in [4.69, 9.17) is 5.73 Å². The molecule has 1 atom stereocenters. The Morgan fingerprint density at radius 1 is 1.11 bits per heavy atom. The Labute approximate surface area is 158 Å². The van der Waals surface area contributed by atoms with Gasteiger partial charge in [0.2, 0.25) is 11.8 Å². The van der Waals surface area contributed by atoms with Crippen LogP contribution in [0.1, 0.15) is 30.1 Å². The van der Waals surface area contributed by atoms with Crippen LogP contribution in [0.5, 0.6) is 0 Å². The molecule has 4 heterocycles. The molecule has 1 fully saturated rings. The van der Waals surface area contributed by atoms with Crippen LogP contribution in [0.3, 0.4) is 0 Å². The largest absolute Gasteiger partial charge is 0.369 e. The number of nitrogens with zero attached hydrogens (tertiary/aromatic N) is 4. The Bertz CT molecular complexity index is 811. The molecular weight excluding hydrogens is 342 g/mol. The Morgan fingerprint density at radius 3 is 2.63 bits per heavy atom. The van der Waals surface area contributed by atoms with E-state index >= 15 is 0 Å². The van der Waals surface area contributed by atoms with Gasteiger partial charge in [-0.1, -0.05) is 6.07 Å². The van der Waals surface area contributed by atoms with Crippen LogP contribution in [-0.2, 0) is 16.1 Å². The van der Waals surface area contributed by atoms with E-state index in [-0.39, 0.29) is 23.8 Å². The molecule has 2 aliphatic heterocycles. The van der Waals surface area contributed by atoms with Crippen LogP contribution in [0, 0.1) is 5.92 Å². The third kappa shape index (κ3) is 3.60. The maximum absolute atomic E-state index is 13.2. The Hall–Kier alpha value is -2.67. The van der Waals surface area contributed by atoms with Crippen molar-refractivity contribution in [2.24, 2.45) is 11.7 Å². The number of nitrogens with two attached hydrogens (primary N) is 1. The van der Waals surface area contributed by atoms with Gasteiger partial charge >= 0.3 is 0 Å². The lowest BCUT2D eigenvalue weighted by molar-refractivity contribution is -0.135. The summed E-state index contributed by atoms with van der Waals surface area (Å²) in [5.74, 6) is -0.166. The van der Waals surface area contributed by atoms with Crippen molar-refractivity contribution in [3.63, 3.8) is 0 Å². The number of rotatable bonds is 4. The van der Waals surface area contributed by atoms with Gasteiger partial charge in [0.05, 0.1) is 12.6 Å². The highest BCUT2D eigenvalue weighted by Crippen LogP contribution is 2.32. The minimum Gasteiger partial charge on any atom is -0.369 e. The third-order valence-electron chi connectivity index (χ3n) is 5.71. The molecule has 2 aromatic rings. The number of piperidine rings is 1. The number of hydrogen-bond donors (Lipinski definition) is 1. The van der Waals surface area contributed by atoms with E-state index in [1.807, 2.05) is 29.3 Å². The van der Waals surface area contributed by atoms with Crippen LogP contribution in [0.4, 0.5) is 0 Å². The summed E-state index contributed by atoms with van der Waals surface area (Å²) in [6, 6.07) is 7.93. The summed E-state index contributed by atoms with van der Waals surface area (Å²) in [5, 5.41) is 0. The van der Waals surface area contributed by atoms with Gasteiger partial charge in [-0.2, -0.15) is 0 Å². The molecule has 0 bridgehead atoms. The molecule has 0 aliphatic carbocycles. The Kier molecular flexibility index (Phi) is 4.94. The summed E-state index contributed by atoms with van der Waals surface area (Å²) in [6.45, 7) is 3.33. The molecule has 7 heteroatoms. The van der Waals surface area contributed by atoms with Gasteiger partial charge in [-0.05, 0) is 49.7 Å². The molecule has 4 rings (SSSR count).